The number of hydrogen-bond donors (Lipinski definition) is 0. The third kappa shape index (κ3) is 4.57. The van der Waals surface area contributed by atoms with Crippen molar-refractivity contribution < 1.29 is 18.7 Å². The maximum Gasteiger partial charge on any atom is 0.316 e. The van der Waals surface area contributed by atoms with E-state index in [1.54, 1.807) is 17.0 Å². The molecule has 30 heavy (non-hydrogen) atoms. The molecule has 4 nitrogen and oxygen atoms in total. The zero-order valence-electron chi connectivity index (χ0n) is 16.5. The van der Waals surface area contributed by atoms with Gasteiger partial charge in [0.2, 0.25) is 0 Å². The van der Waals surface area contributed by atoms with Gasteiger partial charge in [0.25, 0.3) is 5.91 Å². The average Bonchev–Trinajstić information content (AvgIpc) is 2.80. The van der Waals surface area contributed by atoms with Crippen LogP contribution < -0.4 is 4.74 Å². The van der Waals surface area contributed by atoms with E-state index < -0.39 is 0 Å². The number of esters is 1. The molecule has 0 bridgehead atoms. The molecule has 1 aliphatic rings. The van der Waals surface area contributed by atoms with Crippen LogP contribution in [0.5, 0.6) is 5.75 Å². The third-order valence-corrected chi connectivity index (χ3v) is 5.31. The molecule has 0 aromatic heterocycles. The number of carbonyl (C=O) groups excluding carboxylic acids is 2. The van der Waals surface area contributed by atoms with Crippen LogP contribution >= 0.6 is 0 Å². The van der Waals surface area contributed by atoms with Crippen molar-refractivity contribution in [2.45, 2.75) is 12.8 Å². The molecule has 0 radical (unpaired) electrons. The number of nitrogens with zero attached hydrogens (tertiary/aromatic N) is 1. The molecule has 1 amide bonds. The van der Waals surface area contributed by atoms with Crippen molar-refractivity contribution in [2.24, 2.45) is 5.92 Å². The van der Waals surface area contributed by atoms with E-state index in [1.165, 1.54) is 24.3 Å². The SMILES string of the molecule is O=C(Oc1ccc(-c2ccccc2)cc1)C1CCCN(C(=O)c2ccc(F)cc2)C1. The Morgan fingerprint density at radius 1 is 0.867 bits per heavy atom. The predicted molar refractivity (Wildman–Crippen MR) is 113 cm³/mol. The first-order chi connectivity index (χ1) is 14.6. The Labute approximate surface area is 174 Å². The van der Waals surface area contributed by atoms with Gasteiger partial charge in [0.05, 0.1) is 5.92 Å². The maximum absolute atomic E-state index is 13.1. The molecular weight excluding hydrogens is 381 g/mol. The van der Waals surface area contributed by atoms with Crippen molar-refractivity contribution in [1.82, 2.24) is 4.90 Å². The Hall–Kier alpha value is -3.47. The second kappa shape index (κ2) is 8.91. The van der Waals surface area contributed by atoms with Crippen molar-refractivity contribution in [2.75, 3.05) is 13.1 Å². The summed E-state index contributed by atoms with van der Waals surface area (Å²) in [5.74, 6) is -0.803. The fourth-order valence-corrected chi connectivity index (χ4v) is 3.67. The van der Waals surface area contributed by atoms with Crippen LogP contribution in [0, 0.1) is 11.7 Å². The third-order valence-electron chi connectivity index (χ3n) is 5.31. The Morgan fingerprint density at radius 3 is 2.23 bits per heavy atom. The summed E-state index contributed by atoms with van der Waals surface area (Å²) < 4.78 is 18.7. The highest BCUT2D eigenvalue weighted by molar-refractivity contribution is 5.94. The molecule has 1 saturated heterocycles. The first-order valence-electron chi connectivity index (χ1n) is 10.0. The van der Waals surface area contributed by atoms with Gasteiger partial charge in [-0.25, -0.2) is 4.39 Å². The number of carbonyl (C=O) groups is 2. The highest BCUT2D eigenvalue weighted by Crippen LogP contribution is 2.25. The number of ether oxygens (including phenoxy) is 1. The fourth-order valence-electron chi connectivity index (χ4n) is 3.67. The summed E-state index contributed by atoms with van der Waals surface area (Å²) in [6.07, 6.45) is 1.40. The Balaban J connectivity index is 1.38. The lowest BCUT2D eigenvalue weighted by Crippen LogP contribution is -2.43. The number of likely N-dealkylation sites (tertiary alicyclic amines) is 1. The van der Waals surface area contributed by atoms with E-state index in [2.05, 4.69) is 0 Å². The molecule has 152 valence electrons. The fraction of sp³-hybridized carbons (Fsp3) is 0.200. The van der Waals surface area contributed by atoms with Crippen LogP contribution in [-0.2, 0) is 4.79 Å². The van der Waals surface area contributed by atoms with Crippen molar-refractivity contribution in [3.63, 3.8) is 0 Å². The molecule has 0 N–H and O–H groups in total. The first kappa shape index (κ1) is 19.8. The molecule has 3 aromatic rings. The Kier molecular flexibility index (Phi) is 5.89. The molecular formula is C25H22FNO3. The van der Waals surface area contributed by atoms with Gasteiger partial charge in [-0.3, -0.25) is 9.59 Å². The Bertz CT molecular complexity index is 1020. The van der Waals surface area contributed by atoms with E-state index in [-0.39, 0.29) is 23.6 Å². The van der Waals surface area contributed by atoms with E-state index in [4.69, 9.17) is 4.74 Å². The van der Waals surface area contributed by atoms with Crippen molar-refractivity contribution >= 4 is 11.9 Å². The molecule has 1 atom stereocenters. The second-order valence-electron chi connectivity index (χ2n) is 7.41. The van der Waals surface area contributed by atoms with Crippen molar-refractivity contribution in [3.05, 3.63) is 90.2 Å². The number of amides is 1. The van der Waals surface area contributed by atoms with Crippen LogP contribution in [0.15, 0.2) is 78.9 Å². The normalized spacial score (nSPS) is 16.2. The van der Waals surface area contributed by atoms with E-state index in [0.717, 1.165) is 17.5 Å². The van der Waals surface area contributed by atoms with Gasteiger partial charge in [0, 0.05) is 18.7 Å². The summed E-state index contributed by atoms with van der Waals surface area (Å²) >= 11 is 0. The number of benzene rings is 3. The molecule has 1 heterocycles. The van der Waals surface area contributed by atoms with Crippen LogP contribution in [-0.4, -0.2) is 29.9 Å². The first-order valence-corrected chi connectivity index (χ1v) is 10.0. The van der Waals surface area contributed by atoms with Crippen LogP contribution in [0.3, 0.4) is 0 Å². The molecule has 0 spiro atoms. The second-order valence-corrected chi connectivity index (χ2v) is 7.41. The summed E-state index contributed by atoms with van der Waals surface area (Å²) in [4.78, 5) is 27.0. The van der Waals surface area contributed by atoms with Gasteiger partial charge in [-0.2, -0.15) is 0 Å². The van der Waals surface area contributed by atoms with Crippen LogP contribution in [0.1, 0.15) is 23.2 Å². The summed E-state index contributed by atoms with van der Waals surface area (Å²) in [5, 5.41) is 0. The van der Waals surface area contributed by atoms with E-state index in [1.807, 2.05) is 42.5 Å². The topological polar surface area (TPSA) is 46.6 Å². The van der Waals surface area contributed by atoms with Gasteiger partial charge in [0.15, 0.2) is 0 Å². The molecule has 1 aliphatic heterocycles. The lowest BCUT2D eigenvalue weighted by Gasteiger charge is -2.31. The van der Waals surface area contributed by atoms with Gasteiger partial charge >= 0.3 is 5.97 Å². The van der Waals surface area contributed by atoms with E-state index in [0.29, 0.717) is 30.8 Å². The summed E-state index contributed by atoms with van der Waals surface area (Å²) in [6, 6.07) is 22.8. The number of hydrogen-bond acceptors (Lipinski definition) is 3. The zero-order chi connectivity index (χ0) is 20.9. The minimum atomic E-state index is -0.384. The molecule has 3 aromatic carbocycles. The smallest absolute Gasteiger partial charge is 0.316 e. The van der Waals surface area contributed by atoms with Crippen molar-refractivity contribution in [3.8, 4) is 16.9 Å². The van der Waals surface area contributed by atoms with Gasteiger partial charge < -0.3 is 9.64 Å². The highest BCUT2D eigenvalue weighted by Gasteiger charge is 2.30. The van der Waals surface area contributed by atoms with Crippen LogP contribution in [0.25, 0.3) is 11.1 Å². The Morgan fingerprint density at radius 2 is 1.53 bits per heavy atom. The molecule has 0 saturated carbocycles. The molecule has 4 rings (SSSR count). The lowest BCUT2D eigenvalue weighted by atomic mass is 9.97. The van der Waals surface area contributed by atoms with Gasteiger partial charge in [-0.15, -0.1) is 0 Å². The number of rotatable bonds is 4. The predicted octanol–water partition coefficient (Wildman–Crippen LogP) is 4.95. The van der Waals surface area contributed by atoms with Crippen molar-refractivity contribution in [1.29, 1.82) is 0 Å². The quantitative estimate of drug-likeness (QED) is 0.457. The zero-order valence-corrected chi connectivity index (χ0v) is 16.5. The number of piperidine rings is 1. The van der Waals surface area contributed by atoms with Gasteiger partial charge in [-0.05, 0) is 60.4 Å². The maximum atomic E-state index is 13.1. The highest BCUT2D eigenvalue weighted by atomic mass is 19.1. The number of halogens is 1. The van der Waals surface area contributed by atoms with Gasteiger partial charge in [0.1, 0.15) is 11.6 Å². The minimum absolute atomic E-state index is 0.195. The summed E-state index contributed by atoms with van der Waals surface area (Å²) in [5.41, 5.74) is 2.56. The molecule has 1 unspecified atom stereocenters. The standard InChI is InChI=1S/C25H22FNO3/c26-22-12-8-20(9-13-22)24(28)27-16-4-7-21(17-27)25(29)30-23-14-10-19(11-15-23)18-5-2-1-3-6-18/h1-3,5-6,8-15,21H,4,7,16-17H2. The lowest BCUT2D eigenvalue weighted by molar-refractivity contribution is -0.140. The molecule has 5 heteroatoms. The van der Waals surface area contributed by atoms with Crippen LogP contribution in [0.4, 0.5) is 4.39 Å². The van der Waals surface area contributed by atoms with E-state index >= 15 is 0 Å². The largest absolute Gasteiger partial charge is 0.426 e. The summed E-state index contributed by atoms with van der Waals surface area (Å²) in [6.45, 7) is 0.878. The molecule has 1 fully saturated rings. The minimum Gasteiger partial charge on any atom is -0.426 e. The van der Waals surface area contributed by atoms with Gasteiger partial charge in [-0.1, -0.05) is 42.5 Å². The molecule has 0 aliphatic carbocycles. The monoisotopic (exact) mass is 403 g/mol. The summed E-state index contributed by atoms with van der Waals surface area (Å²) in [7, 11) is 0. The van der Waals surface area contributed by atoms with Crippen LogP contribution in [0.2, 0.25) is 0 Å². The average molecular weight is 403 g/mol. The van der Waals surface area contributed by atoms with E-state index in [9.17, 15) is 14.0 Å².